The van der Waals surface area contributed by atoms with E-state index < -0.39 is 0 Å². The molecule has 1 N–H and O–H groups in total. The molecule has 0 unspecified atom stereocenters. The molecule has 0 spiro atoms. The van der Waals surface area contributed by atoms with Crippen molar-refractivity contribution in [2.75, 3.05) is 7.05 Å². The van der Waals surface area contributed by atoms with Gasteiger partial charge in [-0.1, -0.05) is 6.42 Å². The van der Waals surface area contributed by atoms with Crippen molar-refractivity contribution in [2.24, 2.45) is 23.7 Å². The van der Waals surface area contributed by atoms with Crippen molar-refractivity contribution in [1.82, 2.24) is 10.2 Å². The Morgan fingerprint density at radius 1 is 1.00 bits per heavy atom. The summed E-state index contributed by atoms with van der Waals surface area (Å²) in [5.41, 5.74) is 0. The predicted molar refractivity (Wildman–Crippen MR) is 74.8 cm³/mol. The van der Waals surface area contributed by atoms with Crippen LogP contribution in [-0.4, -0.2) is 30.1 Å². The molecular weight excluding hydrogens is 236 g/mol. The van der Waals surface area contributed by atoms with Crippen LogP contribution in [0.15, 0.2) is 0 Å². The van der Waals surface area contributed by atoms with Gasteiger partial charge in [0.25, 0.3) is 0 Å². The number of nitrogens with one attached hydrogen (secondary N) is 1. The highest BCUT2D eigenvalue weighted by molar-refractivity contribution is 5.74. The molecule has 19 heavy (non-hydrogen) atoms. The molecule has 106 valence electrons. The largest absolute Gasteiger partial charge is 0.335 e. The highest BCUT2D eigenvalue weighted by atomic mass is 16.2. The third-order valence-corrected chi connectivity index (χ3v) is 6.68. The van der Waals surface area contributed by atoms with E-state index in [2.05, 4.69) is 5.32 Å². The third kappa shape index (κ3) is 1.80. The number of urea groups is 1. The summed E-state index contributed by atoms with van der Waals surface area (Å²) in [6.07, 6.45) is 10.7. The molecule has 5 atom stereocenters. The number of amides is 2. The fraction of sp³-hybridized carbons (Fsp3) is 0.938. The predicted octanol–water partition coefficient (Wildman–Crippen LogP) is 3.01. The van der Waals surface area contributed by atoms with Crippen LogP contribution in [0.5, 0.6) is 0 Å². The van der Waals surface area contributed by atoms with Gasteiger partial charge in [-0.05, 0) is 68.6 Å². The van der Waals surface area contributed by atoms with Crippen molar-refractivity contribution in [2.45, 2.75) is 63.5 Å². The van der Waals surface area contributed by atoms with E-state index in [-0.39, 0.29) is 6.03 Å². The Bertz CT molecular complexity index is 379. The first-order chi connectivity index (χ1) is 9.24. The summed E-state index contributed by atoms with van der Waals surface area (Å²) in [6.45, 7) is 0. The van der Waals surface area contributed by atoms with E-state index in [1.807, 2.05) is 11.9 Å². The van der Waals surface area contributed by atoms with E-state index in [1.165, 1.54) is 51.4 Å². The van der Waals surface area contributed by atoms with Crippen LogP contribution in [-0.2, 0) is 0 Å². The molecule has 0 radical (unpaired) electrons. The minimum Gasteiger partial charge on any atom is -0.335 e. The van der Waals surface area contributed by atoms with Crippen molar-refractivity contribution >= 4 is 6.03 Å². The Kier molecular flexibility index (Phi) is 2.78. The zero-order valence-corrected chi connectivity index (χ0v) is 12.0. The third-order valence-electron chi connectivity index (χ3n) is 6.68. The molecule has 0 saturated heterocycles. The molecule has 4 saturated carbocycles. The summed E-state index contributed by atoms with van der Waals surface area (Å²) in [4.78, 5) is 14.3. The van der Waals surface area contributed by atoms with Gasteiger partial charge in [-0.3, -0.25) is 0 Å². The van der Waals surface area contributed by atoms with Crippen molar-refractivity contribution in [3.63, 3.8) is 0 Å². The molecule has 2 bridgehead atoms. The first-order valence-electron chi connectivity index (χ1n) is 8.27. The second kappa shape index (κ2) is 4.39. The number of hydrogen-bond acceptors (Lipinski definition) is 1. The van der Waals surface area contributed by atoms with Crippen LogP contribution in [0.1, 0.15) is 51.4 Å². The Morgan fingerprint density at radius 2 is 1.74 bits per heavy atom. The maximum atomic E-state index is 12.3. The van der Waals surface area contributed by atoms with Gasteiger partial charge in [-0.2, -0.15) is 0 Å². The molecule has 2 amide bonds. The standard InChI is InChI=1S/C16H26N2O/c1-18(11-4-2-5-11)16(19)17-15-9-10-8-14(15)13-7-3-6-12(10)13/h10-15H,2-9H2,1H3,(H,17,19)/t10-,12-,13+,14+,15-/m1/s1. The minimum absolute atomic E-state index is 0.191. The van der Waals surface area contributed by atoms with Crippen LogP contribution in [0.2, 0.25) is 0 Å². The normalized spacial score (nSPS) is 43.9. The molecule has 4 fully saturated rings. The number of fused-ring (bicyclic) bond motifs is 5. The molecule has 0 heterocycles. The molecule has 3 nitrogen and oxygen atoms in total. The Labute approximate surface area is 116 Å². The number of carbonyl (C=O) groups excluding carboxylic acids is 1. The quantitative estimate of drug-likeness (QED) is 0.815. The highest BCUT2D eigenvalue weighted by Crippen LogP contribution is 2.58. The van der Waals surface area contributed by atoms with Crippen molar-refractivity contribution < 1.29 is 4.79 Å². The van der Waals surface area contributed by atoms with E-state index in [9.17, 15) is 4.79 Å². The molecule has 4 aliphatic carbocycles. The van der Waals surface area contributed by atoms with Crippen LogP contribution >= 0.6 is 0 Å². The summed E-state index contributed by atoms with van der Waals surface area (Å²) in [5, 5.41) is 3.36. The van der Waals surface area contributed by atoms with Gasteiger partial charge in [0.15, 0.2) is 0 Å². The van der Waals surface area contributed by atoms with E-state index in [1.54, 1.807) is 0 Å². The SMILES string of the molecule is CN(C(=O)N[C@@H]1C[C@H]2C[C@H]1[C@H]1CCC[C@H]21)C1CCC1. The maximum Gasteiger partial charge on any atom is 0.317 e. The van der Waals surface area contributed by atoms with Gasteiger partial charge in [-0.25, -0.2) is 4.79 Å². The summed E-state index contributed by atoms with van der Waals surface area (Å²) >= 11 is 0. The van der Waals surface area contributed by atoms with E-state index >= 15 is 0 Å². The smallest absolute Gasteiger partial charge is 0.317 e. The molecule has 4 aliphatic rings. The molecule has 0 aliphatic heterocycles. The van der Waals surface area contributed by atoms with Gasteiger partial charge in [0.05, 0.1) is 0 Å². The van der Waals surface area contributed by atoms with Crippen LogP contribution in [0.4, 0.5) is 4.79 Å². The molecule has 4 rings (SSSR count). The van der Waals surface area contributed by atoms with Gasteiger partial charge in [-0.15, -0.1) is 0 Å². The Balaban J connectivity index is 1.37. The Hall–Kier alpha value is -0.730. The van der Waals surface area contributed by atoms with Crippen LogP contribution in [0.25, 0.3) is 0 Å². The lowest BCUT2D eigenvalue weighted by Gasteiger charge is -2.37. The average molecular weight is 262 g/mol. The lowest BCUT2D eigenvalue weighted by Crippen LogP contribution is -2.51. The number of nitrogens with zero attached hydrogens (tertiary/aromatic N) is 1. The molecule has 3 heteroatoms. The van der Waals surface area contributed by atoms with Gasteiger partial charge >= 0.3 is 6.03 Å². The first kappa shape index (κ1) is 12.0. The first-order valence-corrected chi connectivity index (χ1v) is 8.27. The second-order valence-electron chi connectivity index (χ2n) is 7.41. The van der Waals surface area contributed by atoms with E-state index in [4.69, 9.17) is 0 Å². The Morgan fingerprint density at radius 3 is 2.47 bits per heavy atom. The number of carbonyl (C=O) groups is 1. The monoisotopic (exact) mass is 262 g/mol. The van der Waals surface area contributed by atoms with E-state index in [0.717, 1.165) is 23.7 Å². The van der Waals surface area contributed by atoms with Gasteiger partial charge < -0.3 is 10.2 Å². The molecule has 0 aromatic heterocycles. The number of hydrogen-bond donors (Lipinski definition) is 1. The van der Waals surface area contributed by atoms with Crippen LogP contribution < -0.4 is 5.32 Å². The maximum absolute atomic E-state index is 12.3. The lowest BCUT2D eigenvalue weighted by molar-refractivity contribution is 0.143. The molecule has 0 aromatic carbocycles. The summed E-state index contributed by atoms with van der Waals surface area (Å²) < 4.78 is 0. The average Bonchev–Trinajstić information content (AvgIpc) is 2.97. The number of rotatable bonds is 2. The fourth-order valence-electron chi connectivity index (χ4n) is 5.43. The van der Waals surface area contributed by atoms with Crippen LogP contribution in [0.3, 0.4) is 0 Å². The van der Waals surface area contributed by atoms with Crippen LogP contribution in [0, 0.1) is 23.7 Å². The van der Waals surface area contributed by atoms with Crippen molar-refractivity contribution in [3.05, 3.63) is 0 Å². The van der Waals surface area contributed by atoms with Gasteiger partial charge in [0.1, 0.15) is 0 Å². The lowest BCUT2D eigenvalue weighted by atomic mass is 9.79. The van der Waals surface area contributed by atoms with E-state index in [0.29, 0.717) is 12.1 Å². The zero-order chi connectivity index (χ0) is 13.0. The summed E-state index contributed by atoms with van der Waals surface area (Å²) in [6, 6.07) is 1.19. The topological polar surface area (TPSA) is 32.3 Å². The van der Waals surface area contributed by atoms with Crippen molar-refractivity contribution in [1.29, 1.82) is 0 Å². The summed E-state index contributed by atoms with van der Waals surface area (Å²) in [7, 11) is 1.98. The summed E-state index contributed by atoms with van der Waals surface area (Å²) in [5.74, 6) is 3.69. The zero-order valence-electron chi connectivity index (χ0n) is 12.0. The molecular formula is C16H26N2O. The fourth-order valence-corrected chi connectivity index (χ4v) is 5.43. The second-order valence-corrected chi connectivity index (χ2v) is 7.41. The highest BCUT2D eigenvalue weighted by Gasteiger charge is 2.54. The van der Waals surface area contributed by atoms with Gasteiger partial charge in [0.2, 0.25) is 0 Å². The van der Waals surface area contributed by atoms with Gasteiger partial charge in [0, 0.05) is 19.1 Å². The molecule has 0 aromatic rings. The minimum atomic E-state index is 0.191. The van der Waals surface area contributed by atoms with Crippen molar-refractivity contribution in [3.8, 4) is 0 Å².